The van der Waals surface area contributed by atoms with E-state index < -0.39 is 63.8 Å². The number of halogens is 6. The van der Waals surface area contributed by atoms with E-state index in [1.165, 1.54) is 0 Å². The van der Waals surface area contributed by atoms with Crippen molar-refractivity contribution in [1.82, 2.24) is 10.2 Å². The minimum Gasteiger partial charge on any atom is -0.381 e. The molecule has 8 nitrogen and oxygen atoms in total. The van der Waals surface area contributed by atoms with Gasteiger partial charge < -0.3 is 15.0 Å². The molecule has 3 rings (SSSR count). The maximum Gasteiger partial charge on any atom is 0.471 e. The maximum atomic E-state index is 13.6. The Labute approximate surface area is 228 Å². The number of amides is 2. The molecule has 2 aliphatic rings. The highest BCUT2D eigenvalue weighted by Crippen LogP contribution is 2.48. The van der Waals surface area contributed by atoms with E-state index in [9.17, 15) is 44.3 Å². The minimum absolute atomic E-state index is 0.0628. The standard InChI is InChI=1S/C25H33F6N3O5S/c1-15(2)23(9-6-19(13-23)34(22(36)25(29,30)31)18-7-10-39-11-8-18)21(35)32-14-16-12-17(24(26,27)28)4-5-20(16)33-40(3,37)38/h4-5,12,15,18-19,33H,6-11,13-14H2,1-3H3,(H,32,35)/t19-,23+/m1/s1. The summed E-state index contributed by atoms with van der Waals surface area (Å²) in [5.41, 5.74) is -2.54. The van der Waals surface area contributed by atoms with Gasteiger partial charge in [-0.25, -0.2) is 8.42 Å². The second-order valence-corrected chi connectivity index (χ2v) is 12.4. The molecule has 0 radical (unpaired) electrons. The summed E-state index contributed by atoms with van der Waals surface area (Å²) in [6.07, 6.45) is -8.32. The van der Waals surface area contributed by atoms with Crippen molar-refractivity contribution in [3.8, 4) is 0 Å². The van der Waals surface area contributed by atoms with Gasteiger partial charge in [-0.3, -0.25) is 14.3 Å². The fourth-order valence-electron chi connectivity index (χ4n) is 5.59. The molecule has 1 saturated carbocycles. The third-order valence-corrected chi connectivity index (χ3v) is 8.29. The van der Waals surface area contributed by atoms with E-state index in [4.69, 9.17) is 4.74 Å². The molecule has 1 aromatic carbocycles. The van der Waals surface area contributed by atoms with Crippen LogP contribution in [-0.4, -0.2) is 62.9 Å². The molecule has 15 heteroatoms. The fourth-order valence-corrected chi connectivity index (χ4v) is 6.18. The highest BCUT2D eigenvalue weighted by molar-refractivity contribution is 7.92. The van der Waals surface area contributed by atoms with Crippen LogP contribution in [0.4, 0.5) is 32.0 Å². The number of sulfonamides is 1. The van der Waals surface area contributed by atoms with Crippen LogP contribution in [0.15, 0.2) is 18.2 Å². The minimum atomic E-state index is -5.10. The van der Waals surface area contributed by atoms with Crippen LogP contribution in [-0.2, 0) is 37.1 Å². The molecule has 2 fully saturated rings. The Morgan fingerprint density at radius 3 is 2.23 bits per heavy atom. The number of benzene rings is 1. The Morgan fingerprint density at radius 1 is 1.07 bits per heavy atom. The average Bonchev–Trinajstić information content (AvgIpc) is 3.28. The molecule has 2 amide bonds. The molecule has 0 aromatic heterocycles. The molecular weight excluding hydrogens is 568 g/mol. The van der Waals surface area contributed by atoms with Gasteiger partial charge in [-0.05, 0) is 61.8 Å². The number of rotatable bonds is 8. The summed E-state index contributed by atoms with van der Waals surface area (Å²) in [4.78, 5) is 26.9. The van der Waals surface area contributed by atoms with Crippen LogP contribution < -0.4 is 10.0 Å². The summed E-state index contributed by atoms with van der Waals surface area (Å²) in [7, 11) is -3.86. The quantitative estimate of drug-likeness (QED) is 0.429. The molecular formula is C25H33F6N3O5S. The van der Waals surface area contributed by atoms with E-state index in [1.54, 1.807) is 13.8 Å². The first kappa shape index (κ1) is 32.0. The molecule has 0 unspecified atom stereocenters. The van der Waals surface area contributed by atoms with Gasteiger partial charge >= 0.3 is 18.3 Å². The lowest BCUT2D eigenvalue weighted by Gasteiger charge is -2.40. The summed E-state index contributed by atoms with van der Waals surface area (Å²) >= 11 is 0. The van der Waals surface area contributed by atoms with Crippen LogP contribution in [0, 0.1) is 11.3 Å². The molecule has 226 valence electrons. The van der Waals surface area contributed by atoms with Crippen molar-refractivity contribution in [3.63, 3.8) is 0 Å². The lowest BCUT2D eigenvalue weighted by Crippen LogP contribution is -2.54. The van der Waals surface area contributed by atoms with E-state index >= 15 is 0 Å². The van der Waals surface area contributed by atoms with Crippen LogP contribution in [0.2, 0.25) is 0 Å². The molecule has 40 heavy (non-hydrogen) atoms. The van der Waals surface area contributed by atoms with Crippen molar-refractivity contribution in [1.29, 1.82) is 0 Å². The number of anilines is 1. The second-order valence-electron chi connectivity index (χ2n) is 10.7. The van der Waals surface area contributed by atoms with Crippen molar-refractivity contribution < 1.29 is 49.1 Å². The fraction of sp³-hybridized carbons (Fsp3) is 0.680. The van der Waals surface area contributed by atoms with Gasteiger partial charge in [0.2, 0.25) is 15.9 Å². The molecule has 1 aliphatic carbocycles. The number of carbonyl (C=O) groups is 2. The molecule has 1 saturated heterocycles. The molecule has 0 bridgehead atoms. The predicted molar refractivity (Wildman–Crippen MR) is 133 cm³/mol. The van der Waals surface area contributed by atoms with Crippen molar-refractivity contribution in [2.75, 3.05) is 24.2 Å². The number of nitrogens with zero attached hydrogens (tertiary/aromatic N) is 1. The lowest BCUT2D eigenvalue weighted by molar-refractivity contribution is -0.192. The number of carbonyl (C=O) groups excluding carboxylic acids is 2. The Balaban J connectivity index is 1.87. The highest BCUT2D eigenvalue weighted by atomic mass is 32.2. The summed E-state index contributed by atoms with van der Waals surface area (Å²) in [6.45, 7) is 3.37. The van der Waals surface area contributed by atoms with E-state index in [1.807, 2.05) is 0 Å². The SMILES string of the molecule is CC(C)[C@]1(C(=O)NCc2cc(C(F)(F)F)ccc2NS(C)(=O)=O)CC[C@@H](N(C(=O)C(F)(F)F)C2CCOCC2)C1. The van der Waals surface area contributed by atoms with Crippen LogP contribution in [0.1, 0.15) is 57.1 Å². The number of hydrogen-bond acceptors (Lipinski definition) is 5. The average molecular weight is 602 g/mol. The van der Waals surface area contributed by atoms with E-state index in [2.05, 4.69) is 10.0 Å². The Morgan fingerprint density at radius 2 is 1.70 bits per heavy atom. The number of ether oxygens (including phenoxy) is 1. The third kappa shape index (κ3) is 7.39. The number of hydrogen-bond donors (Lipinski definition) is 2. The van der Waals surface area contributed by atoms with Crippen molar-refractivity contribution in [2.24, 2.45) is 11.3 Å². The topological polar surface area (TPSA) is 105 Å². The summed E-state index contributed by atoms with van der Waals surface area (Å²) < 4.78 is 112. The number of nitrogens with one attached hydrogen (secondary N) is 2. The van der Waals surface area contributed by atoms with Crippen LogP contribution in [0.25, 0.3) is 0 Å². The first-order chi connectivity index (χ1) is 18.3. The summed E-state index contributed by atoms with van der Waals surface area (Å²) in [6, 6.07) is 0.805. The van der Waals surface area contributed by atoms with Gasteiger partial charge in [-0.15, -0.1) is 0 Å². The lowest BCUT2D eigenvalue weighted by atomic mass is 9.74. The highest BCUT2D eigenvalue weighted by Gasteiger charge is 2.54. The second kappa shape index (κ2) is 11.7. The molecule has 1 aromatic rings. The van der Waals surface area contributed by atoms with Gasteiger partial charge in [0.15, 0.2) is 0 Å². The normalized spacial score (nSPS) is 22.8. The summed E-state index contributed by atoms with van der Waals surface area (Å²) in [5.74, 6) is -2.95. The number of alkyl halides is 6. The van der Waals surface area contributed by atoms with Gasteiger partial charge in [0.05, 0.1) is 22.9 Å². The Bertz CT molecular complexity index is 1200. The summed E-state index contributed by atoms with van der Waals surface area (Å²) in [5, 5.41) is 2.58. The molecule has 1 heterocycles. The predicted octanol–water partition coefficient (Wildman–Crippen LogP) is 4.46. The largest absolute Gasteiger partial charge is 0.471 e. The van der Waals surface area contributed by atoms with Gasteiger partial charge in [-0.1, -0.05) is 13.8 Å². The maximum absolute atomic E-state index is 13.6. The molecule has 2 atom stereocenters. The first-order valence-corrected chi connectivity index (χ1v) is 14.7. The van der Waals surface area contributed by atoms with Crippen LogP contribution >= 0.6 is 0 Å². The van der Waals surface area contributed by atoms with Gasteiger partial charge in [0, 0.05) is 31.8 Å². The Kier molecular flexibility index (Phi) is 9.39. The monoisotopic (exact) mass is 601 g/mol. The van der Waals surface area contributed by atoms with E-state index in [-0.39, 0.29) is 62.5 Å². The zero-order valence-corrected chi connectivity index (χ0v) is 23.1. The zero-order chi connectivity index (χ0) is 30.1. The molecule has 1 aliphatic heterocycles. The van der Waals surface area contributed by atoms with Gasteiger partial charge in [-0.2, -0.15) is 26.3 Å². The van der Waals surface area contributed by atoms with Gasteiger partial charge in [0.25, 0.3) is 0 Å². The molecule has 0 spiro atoms. The van der Waals surface area contributed by atoms with E-state index in [0.29, 0.717) is 6.07 Å². The third-order valence-electron chi connectivity index (χ3n) is 7.70. The zero-order valence-electron chi connectivity index (χ0n) is 22.3. The van der Waals surface area contributed by atoms with Crippen LogP contribution in [0.5, 0.6) is 0 Å². The Hall–Kier alpha value is -2.55. The smallest absolute Gasteiger partial charge is 0.381 e. The molecule has 2 N–H and O–H groups in total. The first-order valence-electron chi connectivity index (χ1n) is 12.8. The van der Waals surface area contributed by atoms with Gasteiger partial charge in [0.1, 0.15) is 0 Å². The van der Waals surface area contributed by atoms with Crippen molar-refractivity contribution >= 4 is 27.5 Å². The van der Waals surface area contributed by atoms with Crippen LogP contribution in [0.3, 0.4) is 0 Å². The van der Waals surface area contributed by atoms with E-state index in [0.717, 1.165) is 23.3 Å². The van der Waals surface area contributed by atoms with Crippen molar-refractivity contribution in [2.45, 2.75) is 76.9 Å². The van der Waals surface area contributed by atoms with Crippen molar-refractivity contribution in [3.05, 3.63) is 29.3 Å².